The third kappa shape index (κ3) is 6.33. The largest absolute Gasteiger partial charge is 0.298 e. The van der Waals surface area contributed by atoms with Crippen LogP contribution in [0.5, 0.6) is 0 Å². The van der Waals surface area contributed by atoms with Crippen molar-refractivity contribution in [3.63, 3.8) is 0 Å². The number of sulfone groups is 1. The van der Waals surface area contributed by atoms with Crippen molar-refractivity contribution in [2.75, 3.05) is 19.3 Å². The van der Waals surface area contributed by atoms with E-state index in [2.05, 4.69) is 53.2 Å². The SMILES string of the molecule is Cc1cccc(-c2nc(-c3ccc(S(C)(=O)=O)cc3)sc2-c2ccnc(CN3CCCC3)c2)c1.Cl.Cl. The van der Waals surface area contributed by atoms with Gasteiger partial charge in [0.1, 0.15) is 5.01 Å². The number of thiazole rings is 1. The molecule has 0 N–H and O–H groups in total. The van der Waals surface area contributed by atoms with Crippen LogP contribution in [0.15, 0.2) is 71.8 Å². The molecule has 2 aromatic heterocycles. The van der Waals surface area contributed by atoms with E-state index < -0.39 is 9.84 Å². The molecule has 0 bridgehead atoms. The van der Waals surface area contributed by atoms with Crippen molar-refractivity contribution in [1.82, 2.24) is 14.9 Å². The summed E-state index contributed by atoms with van der Waals surface area (Å²) in [5, 5.41) is 0.865. The van der Waals surface area contributed by atoms with Crippen molar-refractivity contribution in [3.8, 4) is 32.3 Å². The van der Waals surface area contributed by atoms with Crippen molar-refractivity contribution >= 4 is 46.0 Å². The number of pyridine rings is 1. The quantitative estimate of drug-likeness (QED) is 0.262. The second-order valence-electron chi connectivity index (χ2n) is 8.88. The predicted octanol–water partition coefficient (Wildman–Crippen LogP) is 6.69. The van der Waals surface area contributed by atoms with Gasteiger partial charge in [0.05, 0.1) is 21.2 Å². The Bertz CT molecular complexity index is 1430. The third-order valence-electron chi connectivity index (χ3n) is 6.11. The van der Waals surface area contributed by atoms with E-state index in [0.29, 0.717) is 4.90 Å². The van der Waals surface area contributed by atoms with Gasteiger partial charge < -0.3 is 0 Å². The lowest BCUT2D eigenvalue weighted by atomic mass is 10.0. The smallest absolute Gasteiger partial charge is 0.175 e. The normalized spacial score (nSPS) is 13.7. The molecule has 0 radical (unpaired) electrons. The average molecular weight is 563 g/mol. The Morgan fingerprint density at radius 3 is 2.31 bits per heavy atom. The van der Waals surface area contributed by atoms with Crippen molar-refractivity contribution < 1.29 is 8.42 Å². The molecule has 0 aliphatic carbocycles. The minimum Gasteiger partial charge on any atom is -0.298 e. The highest BCUT2D eigenvalue weighted by Gasteiger charge is 2.19. The fraction of sp³-hybridized carbons (Fsp3) is 0.259. The minimum atomic E-state index is -3.24. The number of halogens is 2. The molecule has 4 aromatic rings. The van der Waals surface area contributed by atoms with Gasteiger partial charge in [0.15, 0.2) is 9.84 Å². The fourth-order valence-corrected chi connectivity index (χ4v) is 6.07. The Morgan fingerprint density at radius 1 is 0.917 bits per heavy atom. The Kier molecular flexibility index (Phi) is 9.30. The highest BCUT2D eigenvalue weighted by Crippen LogP contribution is 2.41. The Hall–Kier alpha value is -2.29. The van der Waals surface area contributed by atoms with Gasteiger partial charge in [-0.05, 0) is 68.8 Å². The molecular formula is C27H29Cl2N3O2S2. The summed E-state index contributed by atoms with van der Waals surface area (Å²) in [6, 6.07) is 19.6. The van der Waals surface area contributed by atoms with Gasteiger partial charge in [0.25, 0.3) is 0 Å². The Labute approximate surface area is 229 Å². The van der Waals surface area contributed by atoms with Crippen LogP contribution in [0.1, 0.15) is 24.1 Å². The molecule has 5 nitrogen and oxygen atoms in total. The second-order valence-corrected chi connectivity index (χ2v) is 11.9. The average Bonchev–Trinajstić information content (AvgIpc) is 3.49. The topological polar surface area (TPSA) is 63.2 Å². The lowest BCUT2D eigenvalue weighted by Crippen LogP contribution is -2.19. The molecular weight excluding hydrogens is 533 g/mol. The fourth-order valence-electron chi connectivity index (χ4n) is 4.35. The summed E-state index contributed by atoms with van der Waals surface area (Å²) in [7, 11) is -3.24. The molecule has 2 aromatic carbocycles. The minimum absolute atomic E-state index is 0. The van der Waals surface area contributed by atoms with Gasteiger partial charge in [-0.15, -0.1) is 36.2 Å². The number of hydrogen-bond acceptors (Lipinski definition) is 6. The van der Waals surface area contributed by atoms with Crippen LogP contribution in [0.25, 0.3) is 32.3 Å². The molecule has 1 fully saturated rings. The molecule has 36 heavy (non-hydrogen) atoms. The number of rotatable bonds is 6. The van der Waals surface area contributed by atoms with E-state index in [9.17, 15) is 8.42 Å². The number of likely N-dealkylation sites (tertiary alicyclic amines) is 1. The molecule has 9 heteroatoms. The van der Waals surface area contributed by atoms with E-state index in [1.807, 2.05) is 18.3 Å². The molecule has 1 aliphatic rings. The van der Waals surface area contributed by atoms with Gasteiger partial charge >= 0.3 is 0 Å². The molecule has 5 rings (SSSR count). The van der Waals surface area contributed by atoms with Crippen LogP contribution in [-0.2, 0) is 16.4 Å². The van der Waals surface area contributed by atoms with Gasteiger partial charge in [-0.25, -0.2) is 13.4 Å². The number of aryl methyl sites for hydroxylation is 1. The van der Waals surface area contributed by atoms with Gasteiger partial charge in [-0.2, -0.15) is 0 Å². The molecule has 3 heterocycles. The number of hydrogen-bond donors (Lipinski definition) is 0. The lowest BCUT2D eigenvalue weighted by molar-refractivity contribution is 0.327. The maximum Gasteiger partial charge on any atom is 0.175 e. The van der Waals surface area contributed by atoms with Crippen molar-refractivity contribution in [2.24, 2.45) is 0 Å². The first kappa shape index (κ1) is 28.3. The number of benzene rings is 2. The molecule has 0 amide bonds. The summed E-state index contributed by atoms with van der Waals surface area (Å²) in [5.41, 5.74) is 6.28. The second kappa shape index (κ2) is 11.8. The molecule has 0 saturated carbocycles. The van der Waals surface area contributed by atoms with Crippen LogP contribution in [0.4, 0.5) is 0 Å². The van der Waals surface area contributed by atoms with E-state index >= 15 is 0 Å². The standard InChI is InChI=1S/C27H27N3O2S2.2ClH/c1-19-6-5-7-21(16-19)25-26(22-12-13-28-23(17-22)18-30-14-3-4-15-30)33-27(29-25)20-8-10-24(11-9-20)34(2,31)32;;/h5-13,16-17H,3-4,14-15,18H2,1-2H3;2*1H. The van der Waals surface area contributed by atoms with Gasteiger partial charge in [-0.3, -0.25) is 9.88 Å². The zero-order valence-corrected chi connectivity index (χ0v) is 23.4. The molecule has 1 saturated heterocycles. The first-order valence-electron chi connectivity index (χ1n) is 11.4. The molecule has 0 atom stereocenters. The summed E-state index contributed by atoms with van der Waals surface area (Å²) in [6.07, 6.45) is 5.63. The maximum absolute atomic E-state index is 11.9. The highest BCUT2D eigenvalue weighted by atomic mass is 35.5. The number of nitrogens with zero attached hydrogens (tertiary/aromatic N) is 3. The van der Waals surface area contributed by atoms with Crippen LogP contribution in [0.2, 0.25) is 0 Å². The Morgan fingerprint density at radius 2 is 1.64 bits per heavy atom. The Balaban J connectivity index is 0.00000180. The molecule has 0 spiro atoms. The zero-order chi connectivity index (χ0) is 23.7. The first-order chi connectivity index (χ1) is 16.4. The molecule has 0 unspecified atom stereocenters. The van der Waals surface area contributed by atoms with Crippen molar-refractivity contribution in [1.29, 1.82) is 0 Å². The van der Waals surface area contributed by atoms with Gasteiger partial charge in [0, 0.05) is 30.1 Å². The van der Waals surface area contributed by atoms with Crippen LogP contribution in [-0.4, -0.2) is 42.6 Å². The van der Waals surface area contributed by atoms with Crippen LogP contribution < -0.4 is 0 Å². The predicted molar refractivity (Wildman–Crippen MR) is 153 cm³/mol. The maximum atomic E-state index is 11.9. The van der Waals surface area contributed by atoms with Crippen molar-refractivity contribution in [2.45, 2.75) is 31.2 Å². The van der Waals surface area contributed by atoms with E-state index in [-0.39, 0.29) is 24.8 Å². The summed E-state index contributed by atoms with van der Waals surface area (Å²) in [6.45, 7) is 5.22. The van der Waals surface area contributed by atoms with Crippen molar-refractivity contribution in [3.05, 3.63) is 78.1 Å². The molecule has 1 aliphatic heterocycles. The summed E-state index contributed by atoms with van der Waals surface area (Å²) in [5.74, 6) is 0. The first-order valence-corrected chi connectivity index (χ1v) is 14.1. The lowest BCUT2D eigenvalue weighted by Gasteiger charge is -2.14. The monoisotopic (exact) mass is 561 g/mol. The van der Waals surface area contributed by atoms with Crippen LogP contribution >= 0.6 is 36.2 Å². The zero-order valence-electron chi connectivity index (χ0n) is 20.2. The number of aromatic nitrogens is 2. The van der Waals surface area contributed by atoms with Crippen LogP contribution in [0, 0.1) is 6.92 Å². The summed E-state index contributed by atoms with van der Waals surface area (Å²) >= 11 is 1.63. The summed E-state index contributed by atoms with van der Waals surface area (Å²) < 4.78 is 23.7. The molecule has 190 valence electrons. The van der Waals surface area contributed by atoms with Gasteiger partial charge in [0.2, 0.25) is 0 Å². The van der Waals surface area contributed by atoms with E-state index in [0.717, 1.165) is 57.6 Å². The van der Waals surface area contributed by atoms with E-state index in [1.54, 1.807) is 23.5 Å². The van der Waals surface area contributed by atoms with Crippen LogP contribution in [0.3, 0.4) is 0 Å². The summed E-state index contributed by atoms with van der Waals surface area (Å²) in [4.78, 5) is 13.5. The van der Waals surface area contributed by atoms with E-state index in [1.165, 1.54) is 24.7 Å². The van der Waals surface area contributed by atoms with E-state index in [4.69, 9.17) is 4.98 Å². The van der Waals surface area contributed by atoms with Gasteiger partial charge in [-0.1, -0.05) is 35.9 Å². The highest BCUT2D eigenvalue weighted by molar-refractivity contribution is 7.90. The third-order valence-corrected chi connectivity index (χ3v) is 8.39.